The van der Waals surface area contributed by atoms with Crippen molar-refractivity contribution >= 4 is 46.1 Å². The number of esters is 1. The number of amides is 2. The molecule has 234 valence electrons. The third kappa shape index (κ3) is 6.16. The average molecular weight is 621 g/mol. The minimum absolute atomic E-state index is 0.0241. The molecule has 12 heteroatoms. The number of nitrogens with one attached hydrogen (secondary N) is 2. The Kier molecular flexibility index (Phi) is 8.10. The van der Waals surface area contributed by atoms with E-state index in [1.807, 2.05) is 17.0 Å². The number of nitrogens with zero attached hydrogens (tertiary/aromatic N) is 2. The maximum atomic E-state index is 13.4. The first-order valence-electron chi connectivity index (χ1n) is 14.6. The van der Waals surface area contributed by atoms with E-state index in [1.54, 1.807) is 17.0 Å². The van der Waals surface area contributed by atoms with E-state index < -0.39 is 23.6 Å². The van der Waals surface area contributed by atoms with E-state index >= 15 is 0 Å². The lowest BCUT2D eigenvalue weighted by atomic mass is 9.98. The van der Waals surface area contributed by atoms with Gasteiger partial charge in [-0.25, -0.2) is 4.79 Å². The van der Waals surface area contributed by atoms with Crippen LogP contribution in [0.5, 0.6) is 0 Å². The number of halogens is 3. The fourth-order valence-electron chi connectivity index (χ4n) is 6.01. The Hall–Kier alpha value is -4.68. The van der Waals surface area contributed by atoms with Gasteiger partial charge in [0.2, 0.25) is 5.91 Å². The lowest BCUT2D eigenvalue weighted by Crippen LogP contribution is -2.43. The number of methoxy groups -OCH3 is 1. The summed E-state index contributed by atoms with van der Waals surface area (Å²) >= 11 is 0. The molecule has 3 N–H and O–H groups in total. The molecule has 0 atom stereocenters. The third-order valence-electron chi connectivity index (χ3n) is 8.40. The van der Waals surface area contributed by atoms with Crippen molar-refractivity contribution in [3.05, 3.63) is 88.5 Å². The Labute approximate surface area is 257 Å². The van der Waals surface area contributed by atoms with Crippen LogP contribution in [0.1, 0.15) is 45.5 Å². The van der Waals surface area contributed by atoms with Crippen molar-refractivity contribution in [3.8, 4) is 0 Å². The van der Waals surface area contributed by atoms with Crippen LogP contribution in [0.2, 0.25) is 0 Å². The fraction of sp³-hybridized carbons (Fsp3) is 0.303. The van der Waals surface area contributed by atoms with Crippen LogP contribution in [0, 0.1) is 0 Å². The standard InChI is InChI=1S/C33H31F3N4O5/c1-45-32(44)21-4-8-25-26(17-21)38-31(43)29(25)30(19-2-5-22(6-3-19)33(34,35)36)37-23-7-9-27-20(16-23)10-15-40(27)28(42)18-39-13-11-24(41)12-14-39/h2-9,16-17,24,37,41H,10-15,18H2,1H3,(H,38,43)/b30-29-. The first-order valence-corrected chi connectivity index (χ1v) is 14.6. The SMILES string of the molecule is COC(=O)c1ccc2c(c1)NC(=O)/C2=C(\Nc1ccc2c(c1)CCN2C(=O)CN1CCC(O)CC1)c1ccc(C(F)(F)F)cc1. The number of carbonyl (C=O) groups is 3. The van der Waals surface area contributed by atoms with E-state index in [2.05, 4.69) is 10.6 Å². The van der Waals surface area contributed by atoms with E-state index in [0.29, 0.717) is 61.4 Å². The molecule has 45 heavy (non-hydrogen) atoms. The number of rotatable bonds is 6. The number of hydrogen-bond donors (Lipinski definition) is 3. The number of likely N-dealkylation sites (tertiary alicyclic amines) is 1. The summed E-state index contributed by atoms with van der Waals surface area (Å²) in [6, 6.07) is 14.6. The second kappa shape index (κ2) is 12.0. The first-order chi connectivity index (χ1) is 21.5. The van der Waals surface area contributed by atoms with Gasteiger partial charge in [-0.05, 0) is 72.9 Å². The maximum absolute atomic E-state index is 13.4. The lowest BCUT2D eigenvalue weighted by molar-refractivity contribution is -0.137. The van der Waals surface area contributed by atoms with Crippen LogP contribution in [-0.4, -0.2) is 67.2 Å². The van der Waals surface area contributed by atoms with Crippen LogP contribution in [0.15, 0.2) is 60.7 Å². The summed E-state index contributed by atoms with van der Waals surface area (Å²) in [5.41, 5.74) is 3.37. The Morgan fingerprint density at radius 2 is 1.71 bits per heavy atom. The highest BCUT2D eigenvalue weighted by atomic mass is 19.4. The molecule has 0 aliphatic carbocycles. The Morgan fingerprint density at radius 1 is 1.00 bits per heavy atom. The van der Waals surface area contributed by atoms with Crippen LogP contribution in [-0.2, 0) is 26.9 Å². The van der Waals surface area contributed by atoms with E-state index in [-0.39, 0.29) is 35.4 Å². The van der Waals surface area contributed by atoms with E-state index in [9.17, 15) is 32.7 Å². The summed E-state index contributed by atoms with van der Waals surface area (Å²) in [6.07, 6.45) is -2.95. The fourth-order valence-corrected chi connectivity index (χ4v) is 6.01. The molecule has 0 spiro atoms. The summed E-state index contributed by atoms with van der Waals surface area (Å²) in [5, 5.41) is 15.8. The van der Waals surface area contributed by atoms with Crippen LogP contribution >= 0.6 is 0 Å². The zero-order valence-corrected chi connectivity index (χ0v) is 24.4. The molecule has 0 aromatic heterocycles. The molecule has 3 aromatic rings. The summed E-state index contributed by atoms with van der Waals surface area (Å²) in [5.74, 6) is -1.09. The van der Waals surface area contributed by atoms with Gasteiger partial charge in [0.05, 0.1) is 47.8 Å². The number of benzene rings is 3. The molecule has 0 unspecified atom stereocenters. The number of piperidine rings is 1. The maximum Gasteiger partial charge on any atom is 0.416 e. The van der Waals surface area contributed by atoms with E-state index in [1.165, 1.54) is 31.4 Å². The number of anilines is 3. The van der Waals surface area contributed by atoms with Gasteiger partial charge in [-0.2, -0.15) is 13.2 Å². The Balaban J connectivity index is 1.33. The molecule has 0 radical (unpaired) electrons. The average Bonchev–Trinajstić information content (AvgIpc) is 3.59. The molecular formula is C33H31F3N4O5. The molecule has 1 fully saturated rings. The van der Waals surface area contributed by atoms with Crippen molar-refractivity contribution in [1.82, 2.24) is 4.90 Å². The monoisotopic (exact) mass is 620 g/mol. The summed E-state index contributed by atoms with van der Waals surface area (Å²) < 4.78 is 44.8. The highest BCUT2D eigenvalue weighted by Gasteiger charge is 2.33. The molecule has 9 nitrogen and oxygen atoms in total. The number of ether oxygens (including phenoxy) is 1. The van der Waals surface area contributed by atoms with Gasteiger partial charge in [0.1, 0.15) is 0 Å². The molecule has 3 aliphatic rings. The summed E-state index contributed by atoms with van der Waals surface area (Å²) in [6.45, 7) is 2.11. The molecular weight excluding hydrogens is 589 g/mol. The zero-order valence-electron chi connectivity index (χ0n) is 24.4. The largest absolute Gasteiger partial charge is 0.465 e. The zero-order chi connectivity index (χ0) is 31.9. The van der Waals surface area contributed by atoms with Crippen molar-refractivity contribution in [3.63, 3.8) is 0 Å². The Bertz CT molecular complexity index is 1700. The molecule has 0 saturated carbocycles. The number of hydrogen-bond acceptors (Lipinski definition) is 7. The van der Waals surface area contributed by atoms with Crippen LogP contribution in [0.3, 0.4) is 0 Å². The molecule has 3 heterocycles. The highest BCUT2D eigenvalue weighted by Crippen LogP contribution is 2.40. The minimum atomic E-state index is -4.53. The predicted molar refractivity (Wildman–Crippen MR) is 162 cm³/mol. The number of aliphatic hydroxyl groups is 1. The van der Waals surface area contributed by atoms with Crippen LogP contribution in [0.25, 0.3) is 11.3 Å². The van der Waals surface area contributed by atoms with Crippen molar-refractivity contribution in [2.45, 2.75) is 31.5 Å². The van der Waals surface area contributed by atoms with E-state index in [4.69, 9.17) is 4.74 Å². The quantitative estimate of drug-likeness (QED) is 0.269. The summed E-state index contributed by atoms with van der Waals surface area (Å²) in [4.78, 5) is 42.4. The first kappa shape index (κ1) is 30.4. The van der Waals surface area contributed by atoms with Crippen LogP contribution < -0.4 is 15.5 Å². The second-order valence-corrected chi connectivity index (χ2v) is 11.3. The van der Waals surface area contributed by atoms with Gasteiger partial charge >= 0.3 is 12.1 Å². The molecule has 6 rings (SSSR count). The minimum Gasteiger partial charge on any atom is -0.465 e. The van der Waals surface area contributed by atoms with E-state index in [0.717, 1.165) is 23.4 Å². The smallest absolute Gasteiger partial charge is 0.416 e. The number of aliphatic hydroxyl groups excluding tert-OH is 1. The number of carbonyl (C=O) groups excluding carboxylic acids is 3. The molecule has 1 saturated heterocycles. The lowest BCUT2D eigenvalue weighted by Gasteiger charge is -2.30. The van der Waals surface area contributed by atoms with Crippen molar-refractivity contribution in [1.29, 1.82) is 0 Å². The molecule has 0 bridgehead atoms. The van der Waals surface area contributed by atoms with Crippen molar-refractivity contribution < 1.29 is 37.4 Å². The number of alkyl halides is 3. The summed E-state index contributed by atoms with van der Waals surface area (Å²) in [7, 11) is 1.25. The van der Waals surface area contributed by atoms with Crippen LogP contribution in [0.4, 0.5) is 30.2 Å². The van der Waals surface area contributed by atoms with Gasteiger partial charge in [0.25, 0.3) is 5.91 Å². The topological polar surface area (TPSA) is 111 Å². The van der Waals surface area contributed by atoms with Gasteiger partial charge in [-0.1, -0.05) is 18.2 Å². The third-order valence-corrected chi connectivity index (χ3v) is 8.40. The van der Waals surface area contributed by atoms with Gasteiger partial charge < -0.3 is 25.4 Å². The number of fused-ring (bicyclic) bond motifs is 2. The molecule has 3 aromatic carbocycles. The predicted octanol–water partition coefficient (Wildman–Crippen LogP) is 4.77. The van der Waals surface area contributed by atoms with Gasteiger partial charge in [0, 0.05) is 36.6 Å². The van der Waals surface area contributed by atoms with Gasteiger partial charge in [0.15, 0.2) is 0 Å². The molecule has 3 aliphatic heterocycles. The van der Waals surface area contributed by atoms with Crippen molar-refractivity contribution in [2.75, 3.05) is 48.8 Å². The highest BCUT2D eigenvalue weighted by molar-refractivity contribution is 6.37. The van der Waals surface area contributed by atoms with Gasteiger partial charge in [-0.15, -0.1) is 0 Å². The van der Waals surface area contributed by atoms with Gasteiger partial charge in [-0.3, -0.25) is 14.5 Å². The van der Waals surface area contributed by atoms with Crippen molar-refractivity contribution in [2.24, 2.45) is 0 Å². The molecule has 2 amide bonds. The normalized spacial score (nSPS) is 17.9. The second-order valence-electron chi connectivity index (χ2n) is 11.3. The Morgan fingerprint density at radius 3 is 2.40 bits per heavy atom.